The standard InChI is InChI=1S/C19H18BrN3OS/c1-3-12-23-18(16-6-4-5-7-17(16)24-2)21-22-19(23)25-13-14-8-10-15(20)11-9-14/h3-11H,1,12-13H2,2H3. The van der Waals surface area contributed by atoms with Gasteiger partial charge in [-0.1, -0.05) is 58.0 Å². The maximum Gasteiger partial charge on any atom is 0.192 e. The van der Waals surface area contributed by atoms with Gasteiger partial charge in [0.25, 0.3) is 0 Å². The summed E-state index contributed by atoms with van der Waals surface area (Å²) in [5.41, 5.74) is 2.16. The van der Waals surface area contributed by atoms with Crippen molar-refractivity contribution < 1.29 is 4.74 Å². The number of hydrogen-bond donors (Lipinski definition) is 0. The van der Waals surface area contributed by atoms with Gasteiger partial charge in [-0.3, -0.25) is 4.57 Å². The smallest absolute Gasteiger partial charge is 0.192 e. The van der Waals surface area contributed by atoms with Crippen molar-refractivity contribution in [3.05, 3.63) is 71.2 Å². The van der Waals surface area contributed by atoms with E-state index in [4.69, 9.17) is 4.74 Å². The predicted molar refractivity (Wildman–Crippen MR) is 106 cm³/mol. The van der Waals surface area contributed by atoms with Crippen LogP contribution < -0.4 is 4.74 Å². The summed E-state index contributed by atoms with van der Waals surface area (Å²) in [6, 6.07) is 16.1. The zero-order valence-electron chi connectivity index (χ0n) is 13.9. The Morgan fingerprint density at radius 2 is 1.92 bits per heavy atom. The molecule has 3 rings (SSSR count). The molecule has 0 fully saturated rings. The van der Waals surface area contributed by atoms with E-state index in [2.05, 4.69) is 49.4 Å². The first kappa shape index (κ1) is 17.8. The molecule has 0 aliphatic heterocycles. The van der Waals surface area contributed by atoms with E-state index in [9.17, 15) is 0 Å². The van der Waals surface area contributed by atoms with Crippen molar-refractivity contribution in [2.45, 2.75) is 17.5 Å². The molecule has 1 heterocycles. The summed E-state index contributed by atoms with van der Waals surface area (Å²) >= 11 is 5.12. The molecule has 128 valence electrons. The Kier molecular flexibility index (Phi) is 5.94. The molecule has 25 heavy (non-hydrogen) atoms. The minimum absolute atomic E-state index is 0.642. The number of benzene rings is 2. The fourth-order valence-corrected chi connectivity index (χ4v) is 3.61. The zero-order chi connectivity index (χ0) is 17.6. The summed E-state index contributed by atoms with van der Waals surface area (Å²) < 4.78 is 8.61. The van der Waals surface area contributed by atoms with Gasteiger partial charge >= 0.3 is 0 Å². The van der Waals surface area contributed by atoms with Crippen LogP contribution in [0.1, 0.15) is 5.56 Å². The van der Waals surface area contributed by atoms with E-state index in [1.54, 1.807) is 18.9 Å². The van der Waals surface area contributed by atoms with Crippen LogP contribution in [0.25, 0.3) is 11.4 Å². The van der Waals surface area contributed by atoms with E-state index in [0.717, 1.165) is 32.5 Å². The molecule has 0 spiro atoms. The van der Waals surface area contributed by atoms with Crippen molar-refractivity contribution in [1.29, 1.82) is 0 Å². The van der Waals surface area contributed by atoms with Gasteiger partial charge < -0.3 is 4.74 Å². The molecule has 0 aliphatic rings. The third kappa shape index (κ3) is 4.14. The maximum absolute atomic E-state index is 5.46. The van der Waals surface area contributed by atoms with Gasteiger partial charge in [0.2, 0.25) is 0 Å². The minimum Gasteiger partial charge on any atom is -0.496 e. The van der Waals surface area contributed by atoms with Crippen molar-refractivity contribution in [2.24, 2.45) is 0 Å². The molecular formula is C19H18BrN3OS. The molecule has 0 N–H and O–H groups in total. The monoisotopic (exact) mass is 415 g/mol. The number of para-hydroxylation sites is 1. The van der Waals surface area contributed by atoms with Crippen LogP contribution in [0, 0.1) is 0 Å². The number of halogens is 1. The molecule has 0 saturated carbocycles. The van der Waals surface area contributed by atoms with Crippen LogP contribution in [-0.2, 0) is 12.3 Å². The van der Waals surface area contributed by atoms with Crippen LogP contribution in [0.2, 0.25) is 0 Å². The van der Waals surface area contributed by atoms with E-state index in [0.29, 0.717) is 6.54 Å². The van der Waals surface area contributed by atoms with Crippen LogP contribution >= 0.6 is 27.7 Å². The molecule has 2 aromatic carbocycles. The van der Waals surface area contributed by atoms with Gasteiger partial charge in [0.15, 0.2) is 11.0 Å². The van der Waals surface area contributed by atoms with E-state index in [1.807, 2.05) is 42.5 Å². The van der Waals surface area contributed by atoms with Crippen LogP contribution in [0.15, 0.2) is 70.8 Å². The lowest BCUT2D eigenvalue weighted by atomic mass is 10.2. The molecule has 0 amide bonds. The first-order valence-corrected chi connectivity index (χ1v) is 9.55. The lowest BCUT2D eigenvalue weighted by Gasteiger charge is -2.10. The Hall–Kier alpha value is -2.05. The van der Waals surface area contributed by atoms with Crippen molar-refractivity contribution in [2.75, 3.05) is 7.11 Å². The van der Waals surface area contributed by atoms with E-state index < -0.39 is 0 Å². The SMILES string of the molecule is C=CCn1c(SCc2ccc(Br)cc2)nnc1-c1ccccc1OC. The average Bonchev–Trinajstić information content (AvgIpc) is 3.04. The molecule has 0 radical (unpaired) electrons. The highest BCUT2D eigenvalue weighted by atomic mass is 79.9. The zero-order valence-corrected chi connectivity index (χ0v) is 16.3. The molecular weight excluding hydrogens is 398 g/mol. The fourth-order valence-electron chi connectivity index (χ4n) is 2.45. The van der Waals surface area contributed by atoms with Crippen molar-refractivity contribution in [3.63, 3.8) is 0 Å². The molecule has 0 atom stereocenters. The number of allylic oxidation sites excluding steroid dienone is 1. The second-order valence-electron chi connectivity index (χ2n) is 5.32. The Morgan fingerprint density at radius 1 is 1.16 bits per heavy atom. The predicted octanol–water partition coefficient (Wildman–Crippen LogP) is 5.19. The van der Waals surface area contributed by atoms with Crippen LogP contribution in [0.5, 0.6) is 5.75 Å². The number of nitrogens with zero attached hydrogens (tertiary/aromatic N) is 3. The molecule has 3 aromatic rings. The van der Waals surface area contributed by atoms with Crippen LogP contribution in [0.4, 0.5) is 0 Å². The lowest BCUT2D eigenvalue weighted by molar-refractivity contribution is 0.416. The highest BCUT2D eigenvalue weighted by molar-refractivity contribution is 9.10. The van der Waals surface area contributed by atoms with Crippen LogP contribution in [0.3, 0.4) is 0 Å². The quantitative estimate of drug-likeness (QED) is 0.392. The molecule has 4 nitrogen and oxygen atoms in total. The molecule has 0 saturated heterocycles. The summed E-state index contributed by atoms with van der Waals surface area (Å²) in [6.45, 7) is 4.50. The van der Waals surface area contributed by atoms with Crippen molar-refractivity contribution in [1.82, 2.24) is 14.8 Å². The van der Waals surface area contributed by atoms with Crippen molar-refractivity contribution in [3.8, 4) is 17.1 Å². The van der Waals surface area contributed by atoms with E-state index in [1.165, 1.54) is 5.56 Å². The molecule has 6 heteroatoms. The van der Waals surface area contributed by atoms with Gasteiger partial charge in [-0.05, 0) is 29.8 Å². The number of aromatic nitrogens is 3. The summed E-state index contributed by atoms with van der Waals surface area (Å²) in [6.07, 6.45) is 1.85. The number of ether oxygens (including phenoxy) is 1. The Bertz CT molecular complexity index is 861. The number of thioether (sulfide) groups is 1. The van der Waals surface area contributed by atoms with E-state index in [-0.39, 0.29) is 0 Å². The van der Waals surface area contributed by atoms with Gasteiger partial charge in [0.05, 0.1) is 12.7 Å². The Morgan fingerprint density at radius 3 is 2.64 bits per heavy atom. The first-order valence-electron chi connectivity index (χ1n) is 7.77. The number of methoxy groups -OCH3 is 1. The van der Waals surface area contributed by atoms with Crippen molar-refractivity contribution >= 4 is 27.7 Å². The molecule has 1 aromatic heterocycles. The normalized spacial score (nSPS) is 10.6. The molecule has 0 bridgehead atoms. The second kappa shape index (κ2) is 8.36. The lowest BCUT2D eigenvalue weighted by Crippen LogP contribution is -2.01. The fraction of sp³-hybridized carbons (Fsp3) is 0.158. The number of rotatable bonds is 7. The highest BCUT2D eigenvalue weighted by Crippen LogP contribution is 2.31. The Balaban J connectivity index is 1.89. The molecule has 0 unspecified atom stereocenters. The summed E-state index contributed by atoms with van der Waals surface area (Å²) in [5, 5.41) is 9.64. The first-order chi connectivity index (χ1) is 12.2. The van der Waals surface area contributed by atoms with E-state index >= 15 is 0 Å². The average molecular weight is 416 g/mol. The summed E-state index contributed by atoms with van der Waals surface area (Å²) in [7, 11) is 1.66. The maximum atomic E-state index is 5.46. The van der Waals surface area contributed by atoms with Gasteiger partial charge in [0.1, 0.15) is 5.75 Å². The highest BCUT2D eigenvalue weighted by Gasteiger charge is 2.16. The van der Waals surface area contributed by atoms with Crippen LogP contribution in [-0.4, -0.2) is 21.9 Å². The third-order valence-corrected chi connectivity index (χ3v) is 5.22. The van der Waals surface area contributed by atoms with Gasteiger partial charge in [-0.25, -0.2) is 0 Å². The summed E-state index contributed by atoms with van der Waals surface area (Å²) in [4.78, 5) is 0. The minimum atomic E-state index is 0.642. The largest absolute Gasteiger partial charge is 0.496 e. The van der Waals surface area contributed by atoms with Gasteiger partial charge in [-0.15, -0.1) is 16.8 Å². The van der Waals surface area contributed by atoms with Gasteiger partial charge in [-0.2, -0.15) is 0 Å². The molecule has 0 aliphatic carbocycles. The summed E-state index contributed by atoms with van der Waals surface area (Å²) in [5.74, 6) is 2.40. The van der Waals surface area contributed by atoms with Gasteiger partial charge in [0, 0.05) is 16.8 Å². The Labute approximate surface area is 160 Å². The second-order valence-corrected chi connectivity index (χ2v) is 7.18. The topological polar surface area (TPSA) is 39.9 Å². The third-order valence-electron chi connectivity index (χ3n) is 3.66. The number of hydrogen-bond acceptors (Lipinski definition) is 4.